The molecule has 23 heavy (non-hydrogen) atoms. The fraction of sp³-hybridized carbons (Fsp3) is 0.471. The van der Waals surface area contributed by atoms with Gasteiger partial charge in [-0.05, 0) is 25.0 Å². The number of carbonyl (C=O) groups excluding carboxylic acids is 1. The number of carbonyl (C=O) groups is 1. The lowest BCUT2D eigenvalue weighted by molar-refractivity contribution is -0.153. The topological polar surface area (TPSA) is 87.3 Å². The lowest BCUT2D eigenvalue weighted by Gasteiger charge is -2.21. The summed E-state index contributed by atoms with van der Waals surface area (Å²) in [5, 5.41) is 0.795. The minimum absolute atomic E-state index is 0.00188. The molecular weight excluding hydrogens is 294 g/mol. The maximum Gasteiger partial charge on any atom is 0.332 e. The second kappa shape index (κ2) is 7.37. The molecule has 1 saturated carbocycles. The predicted octanol–water partition coefficient (Wildman–Crippen LogP) is 2.60. The lowest BCUT2D eigenvalue weighted by atomic mass is 9.98. The van der Waals surface area contributed by atoms with Crippen LogP contribution in [0.25, 0.3) is 10.9 Å². The summed E-state index contributed by atoms with van der Waals surface area (Å²) in [7, 11) is 0. The Morgan fingerprint density at radius 1 is 1.17 bits per heavy atom. The van der Waals surface area contributed by atoms with Crippen LogP contribution in [-0.2, 0) is 20.9 Å². The molecule has 0 spiro atoms. The molecular formula is C17H21N3O3. The minimum atomic E-state index is -0.397. The van der Waals surface area contributed by atoms with Crippen molar-refractivity contribution in [2.45, 2.75) is 44.8 Å². The van der Waals surface area contributed by atoms with Gasteiger partial charge < -0.3 is 15.2 Å². The van der Waals surface area contributed by atoms with Gasteiger partial charge in [0.05, 0.1) is 11.6 Å². The molecule has 6 nitrogen and oxygen atoms in total. The highest BCUT2D eigenvalue weighted by molar-refractivity contribution is 5.87. The van der Waals surface area contributed by atoms with Crippen molar-refractivity contribution in [1.29, 1.82) is 0 Å². The second-order valence-electron chi connectivity index (χ2n) is 5.77. The van der Waals surface area contributed by atoms with Crippen LogP contribution in [0, 0.1) is 0 Å². The van der Waals surface area contributed by atoms with E-state index < -0.39 is 5.97 Å². The van der Waals surface area contributed by atoms with Crippen molar-refractivity contribution in [1.82, 2.24) is 9.97 Å². The van der Waals surface area contributed by atoms with Crippen LogP contribution < -0.4 is 5.73 Å². The average Bonchev–Trinajstić information content (AvgIpc) is 2.59. The summed E-state index contributed by atoms with van der Waals surface area (Å²) in [6, 6.07) is 7.47. The van der Waals surface area contributed by atoms with E-state index in [2.05, 4.69) is 9.97 Å². The largest absolute Gasteiger partial charge is 0.456 e. The quantitative estimate of drug-likeness (QED) is 0.853. The Labute approximate surface area is 135 Å². The normalized spacial score (nSPS) is 15.7. The monoisotopic (exact) mass is 315 g/mol. The number of nitrogens with two attached hydrogens (primary N) is 1. The van der Waals surface area contributed by atoms with Crippen molar-refractivity contribution in [3.63, 3.8) is 0 Å². The Balaban J connectivity index is 1.52. The highest BCUT2D eigenvalue weighted by atomic mass is 16.6. The van der Waals surface area contributed by atoms with Crippen LogP contribution in [0.4, 0.5) is 5.82 Å². The van der Waals surface area contributed by atoms with E-state index in [1.54, 1.807) is 0 Å². The van der Waals surface area contributed by atoms with Crippen molar-refractivity contribution in [2.75, 3.05) is 12.3 Å². The third kappa shape index (κ3) is 4.16. The molecule has 0 atom stereocenters. The smallest absolute Gasteiger partial charge is 0.332 e. The molecule has 1 aromatic carbocycles. The average molecular weight is 315 g/mol. The van der Waals surface area contributed by atoms with E-state index in [1.165, 1.54) is 19.3 Å². The minimum Gasteiger partial charge on any atom is -0.456 e. The molecule has 1 fully saturated rings. The number of fused-ring (bicyclic) bond motifs is 1. The van der Waals surface area contributed by atoms with Gasteiger partial charge in [-0.3, -0.25) is 0 Å². The molecule has 0 amide bonds. The number of nitrogen functional groups attached to an aromatic ring is 1. The highest BCUT2D eigenvalue weighted by Gasteiger charge is 2.16. The first-order valence-electron chi connectivity index (χ1n) is 8.01. The van der Waals surface area contributed by atoms with Gasteiger partial charge in [0.2, 0.25) is 0 Å². The van der Waals surface area contributed by atoms with E-state index in [-0.39, 0.29) is 19.3 Å². The number of esters is 1. The van der Waals surface area contributed by atoms with Gasteiger partial charge in [-0.2, -0.15) is 0 Å². The van der Waals surface area contributed by atoms with Crippen LogP contribution in [0.1, 0.15) is 37.9 Å². The molecule has 0 bridgehead atoms. The first kappa shape index (κ1) is 15.7. The van der Waals surface area contributed by atoms with Crippen molar-refractivity contribution < 1.29 is 14.3 Å². The summed E-state index contributed by atoms with van der Waals surface area (Å²) < 4.78 is 10.8. The third-order valence-electron chi connectivity index (χ3n) is 4.03. The zero-order valence-corrected chi connectivity index (χ0v) is 13.0. The van der Waals surface area contributed by atoms with E-state index in [1.807, 2.05) is 24.3 Å². The van der Waals surface area contributed by atoms with Gasteiger partial charge in [-0.25, -0.2) is 14.8 Å². The van der Waals surface area contributed by atoms with Crippen molar-refractivity contribution in [3.8, 4) is 0 Å². The fourth-order valence-corrected chi connectivity index (χ4v) is 2.82. The summed E-state index contributed by atoms with van der Waals surface area (Å²) in [5.41, 5.74) is 6.64. The molecule has 0 saturated heterocycles. The maximum atomic E-state index is 11.8. The Morgan fingerprint density at radius 2 is 1.96 bits per heavy atom. The fourth-order valence-electron chi connectivity index (χ4n) is 2.82. The SMILES string of the molecule is Nc1nc(COC(=O)COC2CCCCC2)nc2ccccc12. The first-order chi connectivity index (χ1) is 11.2. The molecule has 3 rings (SSSR count). The Morgan fingerprint density at radius 3 is 2.78 bits per heavy atom. The number of hydrogen-bond acceptors (Lipinski definition) is 6. The van der Waals surface area contributed by atoms with Crippen molar-refractivity contribution in [2.24, 2.45) is 0 Å². The van der Waals surface area contributed by atoms with E-state index in [0.717, 1.165) is 23.7 Å². The predicted molar refractivity (Wildman–Crippen MR) is 86.6 cm³/mol. The Kier molecular flexibility index (Phi) is 5.02. The third-order valence-corrected chi connectivity index (χ3v) is 4.03. The first-order valence-corrected chi connectivity index (χ1v) is 8.01. The Hall–Kier alpha value is -2.21. The summed E-state index contributed by atoms with van der Waals surface area (Å²) >= 11 is 0. The zero-order valence-electron chi connectivity index (χ0n) is 13.0. The van der Waals surface area contributed by atoms with Crippen molar-refractivity contribution >= 4 is 22.7 Å². The number of rotatable bonds is 5. The van der Waals surface area contributed by atoms with Gasteiger partial charge in [0.15, 0.2) is 12.4 Å². The van der Waals surface area contributed by atoms with Gasteiger partial charge in [-0.1, -0.05) is 31.4 Å². The molecule has 0 aliphatic heterocycles. The lowest BCUT2D eigenvalue weighted by Crippen LogP contribution is -2.22. The molecule has 1 aromatic heterocycles. The van der Waals surface area contributed by atoms with Gasteiger partial charge in [0.25, 0.3) is 0 Å². The van der Waals surface area contributed by atoms with Crippen LogP contribution in [0.15, 0.2) is 24.3 Å². The molecule has 0 unspecified atom stereocenters. The molecule has 122 valence electrons. The van der Waals surface area contributed by atoms with E-state index in [0.29, 0.717) is 11.6 Å². The molecule has 0 radical (unpaired) electrons. The maximum absolute atomic E-state index is 11.8. The molecule has 2 N–H and O–H groups in total. The van der Waals surface area contributed by atoms with Crippen LogP contribution in [0.5, 0.6) is 0 Å². The van der Waals surface area contributed by atoms with Crippen LogP contribution in [-0.4, -0.2) is 28.6 Å². The number of benzene rings is 1. The summed E-state index contributed by atoms with van der Waals surface area (Å²) in [6.07, 6.45) is 5.83. The molecule has 6 heteroatoms. The van der Waals surface area contributed by atoms with Crippen LogP contribution in [0.3, 0.4) is 0 Å². The highest BCUT2D eigenvalue weighted by Crippen LogP contribution is 2.20. The number of nitrogens with zero attached hydrogens (tertiary/aromatic N) is 2. The number of aromatic nitrogens is 2. The Bertz CT molecular complexity index is 684. The molecule has 2 aromatic rings. The van der Waals surface area contributed by atoms with E-state index in [4.69, 9.17) is 15.2 Å². The van der Waals surface area contributed by atoms with Gasteiger partial charge in [0.1, 0.15) is 12.4 Å². The zero-order chi connectivity index (χ0) is 16.1. The van der Waals surface area contributed by atoms with Crippen LogP contribution in [0.2, 0.25) is 0 Å². The number of anilines is 1. The number of para-hydroxylation sites is 1. The van der Waals surface area contributed by atoms with Crippen molar-refractivity contribution in [3.05, 3.63) is 30.1 Å². The molecule has 1 aliphatic rings. The summed E-state index contributed by atoms with van der Waals surface area (Å²) in [6.45, 7) is -0.0182. The standard InChI is InChI=1S/C17H21N3O3/c18-17-13-8-4-5-9-14(13)19-15(20-17)10-23-16(21)11-22-12-6-2-1-3-7-12/h4-5,8-9,12H,1-3,6-7,10-11H2,(H2,18,19,20). The van der Waals surface area contributed by atoms with Gasteiger partial charge in [0, 0.05) is 5.39 Å². The van der Waals surface area contributed by atoms with Gasteiger partial charge >= 0.3 is 5.97 Å². The van der Waals surface area contributed by atoms with Gasteiger partial charge in [-0.15, -0.1) is 0 Å². The number of ether oxygens (including phenoxy) is 2. The molecule has 1 heterocycles. The molecule has 1 aliphatic carbocycles. The second-order valence-corrected chi connectivity index (χ2v) is 5.77. The summed E-state index contributed by atoms with van der Waals surface area (Å²) in [5.74, 6) is 0.387. The van der Waals surface area contributed by atoms with E-state index >= 15 is 0 Å². The van der Waals surface area contributed by atoms with E-state index in [9.17, 15) is 4.79 Å². The van der Waals surface area contributed by atoms with Crippen LogP contribution >= 0.6 is 0 Å². The number of hydrogen-bond donors (Lipinski definition) is 1. The summed E-state index contributed by atoms with van der Waals surface area (Å²) in [4.78, 5) is 20.3.